The van der Waals surface area contributed by atoms with Gasteiger partial charge < -0.3 is 10.2 Å². The average Bonchev–Trinajstić information content (AvgIpc) is 3.29. The van der Waals surface area contributed by atoms with Crippen molar-refractivity contribution in [3.8, 4) is 0 Å². The molecule has 2 aromatic rings. The van der Waals surface area contributed by atoms with E-state index in [9.17, 15) is 18.0 Å². The van der Waals surface area contributed by atoms with Crippen LogP contribution in [0.1, 0.15) is 43.7 Å². The van der Waals surface area contributed by atoms with Crippen molar-refractivity contribution < 1.29 is 18.0 Å². The molecule has 2 aromatic carbocycles. The smallest absolute Gasteiger partial charge is 0.244 e. The number of rotatable bonds is 9. The predicted octanol–water partition coefficient (Wildman–Crippen LogP) is 3.24. The zero-order chi connectivity index (χ0) is 24.0. The summed E-state index contributed by atoms with van der Waals surface area (Å²) in [7, 11) is -3.72. The summed E-state index contributed by atoms with van der Waals surface area (Å²) in [5.74, 6) is -0.644. The first-order chi connectivity index (χ1) is 15.7. The van der Waals surface area contributed by atoms with Crippen LogP contribution in [-0.2, 0) is 26.2 Å². The van der Waals surface area contributed by atoms with Gasteiger partial charge in [0, 0.05) is 12.6 Å². The van der Waals surface area contributed by atoms with Crippen LogP contribution in [0.2, 0.25) is 0 Å². The van der Waals surface area contributed by atoms with E-state index in [0.717, 1.165) is 47.4 Å². The predicted molar refractivity (Wildman–Crippen MR) is 130 cm³/mol. The van der Waals surface area contributed by atoms with Crippen molar-refractivity contribution >= 4 is 27.5 Å². The minimum atomic E-state index is -3.72. The number of hydrogen-bond acceptors (Lipinski definition) is 4. The highest BCUT2D eigenvalue weighted by molar-refractivity contribution is 7.92. The lowest BCUT2D eigenvalue weighted by molar-refractivity contribution is -0.139. The number of carbonyl (C=O) groups excluding carboxylic acids is 2. The van der Waals surface area contributed by atoms with Crippen LogP contribution in [0.3, 0.4) is 0 Å². The number of sulfonamides is 1. The van der Waals surface area contributed by atoms with Gasteiger partial charge in [0.25, 0.3) is 0 Å². The van der Waals surface area contributed by atoms with Crippen molar-refractivity contribution in [1.29, 1.82) is 0 Å². The number of para-hydroxylation sites is 1. The van der Waals surface area contributed by atoms with Crippen LogP contribution in [0.15, 0.2) is 54.6 Å². The summed E-state index contributed by atoms with van der Waals surface area (Å²) in [5.41, 5.74) is 2.07. The van der Waals surface area contributed by atoms with Gasteiger partial charge in [0.2, 0.25) is 21.8 Å². The SMILES string of the molecule is Cc1ccccc1N(CC(=O)N(Cc1ccccc1)C(C)C(=O)NC1CCCC1)S(C)(=O)=O. The molecule has 1 aliphatic rings. The normalized spacial score (nSPS) is 15.1. The average molecular weight is 472 g/mol. The fourth-order valence-corrected chi connectivity index (χ4v) is 5.10. The lowest BCUT2D eigenvalue weighted by atomic mass is 10.1. The van der Waals surface area contributed by atoms with Crippen LogP contribution in [0.25, 0.3) is 0 Å². The highest BCUT2D eigenvalue weighted by atomic mass is 32.2. The molecule has 1 saturated carbocycles. The van der Waals surface area contributed by atoms with E-state index in [1.165, 1.54) is 4.90 Å². The molecule has 1 unspecified atom stereocenters. The minimum absolute atomic E-state index is 0.133. The van der Waals surface area contributed by atoms with Crippen molar-refractivity contribution in [1.82, 2.24) is 10.2 Å². The Hall–Kier alpha value is -2.87. The Balaban J connectivity index is 1.86. The highest BCUT2D eigenvalue weighted by Crippen LogP contribution is 2.23. The van der Waals surface area contributed by atoms with Gasteiger partial charge in [-0.1, -0.05) is 61.4 Å². The zero-order valence-electron chi connectivity index (χ0n) is 19.5. The van der Waals surface area contributed by atoms with Crippen LogP contribution in [0.5, 0.6) is 0 Å². The van der Waals surface area contributed by atoms with Gasteiger partial charge in [-0.05, 0) is 43.9 Å². The van der Waals surface area contributed by atoms with E-state index in [1.54, 1.807) is 32.0 Å². The van der Waals surface area contributed by atoms with Crippen LogP contribution in [-0.4, -0.2) is 50.0 Å². The summed E-state index contributed by atoms with van der Waals surface area (Å²) in [5, 5.41) is 3.06. The van der Waals surface area contributed by atoms with E-state index in [4.69, 9.17) is 0 Å². The summed E-state index contributed by atoms with van der Waals surface area (Å²) < 4.78 is 26.3. The molecule has 0 heterocycles. The number of nitrogens with one attached hydrogen (secondary N) is 1. The van der Waals surface area contributed by atoms with Gasteiger partial charge in [0.15, 0.2) is 0 Å². The summed E-state index contributed by atoms with van der Waals surface area (Å²) in [4.78, 5) is 28.0. The standard InChI is InChI=1S/C25H33N3O4S/c1-19-11-7-10-16-23(19)28(33(3,31)32)18-24(29)27(17-21-12-5-4-6-13-21)20(2)25(30)26-22-14-8-9-15-22/h4-7,10-13,16,20,22H,8-9,14-15,17-18H2,1-3H3,(H,26,30). The fourth-order valence-electron chi connectivity index (χ4n) is 4.19. The minimum Gasteiger partial charge on any atom is -0.352 e. The van der Waals surface area contributed by atoms with E-state index in [2.05, 4.69) is 5.32 Å². The third kappa shape index (κ3) is 6.57. The maximum atomic E-state index is 13.5. The Morgan fingerprint density at radius 3 is 2.24 bits per heavy atom. The van der Waals surface area contributed by atoms with Gasteiger partial charge in [-0.2, -0.15) is 0 Å². The first kappa shape index (κ1) is 24.8. The second-order valence-corrected chi connectivity index (χ2v) is 10.6. The molecule has 0 radical (unpaired) electrons. The lowest BCUT2D eigenvalue weighted by Gasteiger charge is -2.32. The van der Waals surface area contributed by atoms with Gasteiger partial charge in [-0.3, -0.25) is 13.9 Å². The number of benzene rings is 2. The van der Waals surface area contributed by atoms with Gasteiger partial charge in [-0.25, -0.2) is 8.42 Å². The molecule has 7 nitrogen and oxygen atoms in total. The topological polar surface area (TPSA) is 86.8 Å². The van der Waals surface area contributed by atoms with E-state index in [1.807, 2.05) is 36.4 Å². The summed E-state index contributed by atoms with van der Waals surface area (Å²) >= 11 is 0. The Morgan fingerprint density at radius 1 is 1.03 bits per heavy atom. The van der Waals surface area contributed by atoms with E-state index in [0.29, 0.717) is 5.69 Å². The van der Waals surface area contributed by atoms with Crippen LogP contribution in [0.4, 0.5) is 5.69 Å². The quantitative estimate of drug-likeness (QED) is 0.608. The second kappa shape index (κ2) is 10.8. The molecule has 1 aliphatic carbocycles. The molecule has 1 atom stereocenters. The first-order valence-electron chi connectivity index (χ1n) is 11.3. The van der Waals surface area contributed by atoms with Gasteiger partial charge >= 0.3 is 0 Å². The second-order valence-electron chi connectivity index (χ2n) is 8.73. The Kier molecular flexibility index (Phi) is 8.13. The molecule has 0 spiro atoms. The molecule has 0 aromatic heterocycles. The Labute approximate surface area is 196 Å². The van der Waals surface area contributed by atoms with Gasteiger partial charge in [0.05, 0.1) is 11.9 Å². The van der Waals surface area contributed by atoms with E-state index >= 15 is 0 Å². The van der Waals surface area contributed by atoms with E-state index < -0.39 is 22.0 Å². The lowest BCUT2D eigenvalue weighted by Crippen LogP contribution is -2.52. The molecule has 178 valence electrons. The van der Waals surface area contributed by atoms with Crippen LogP contribution in [0, 0.1) is 6.92 Å². The monoisotopic (exact) mass is 471 g/mol. The maximum Gasteiger partial charge on any atom is 0.244 e. The van der Waals surface area contributed by atoms with Crippen molar-refractivity contribution in [2.24, 2.45) is 0 Å². The molecule has 1 N–H and O–H groups in total. The van der Waals surface area contributed by atoms with Gasteiger partial charge in [0.1, 0.15) is 12.6 Å². The Morgan fingerprint density at radius 2 is 1.64 bits per heavy atom. The fraction of sp³-hybridized carbons (Fsp3) is 0.440. The molecule has 0 bridgehead atoms. The number of hydrogen-bond donors (Lipinski definition) is 1. The third-order valence-electron chi connectivity index (χ3n) is 6.13. The number of carbonyl (C=O) groups is 2. The maximum absolute atomic E-state index is 13.5. The van der Waals surface area contributed by atoms with Crippen molar-refractivity contribution in [3.63, 3.8) is 0 Å². The molecular formula is C25H33N3O4S. The van der Waals surface area contributed by atoms with Crippen molar-refractivity contribution in [3.05, 3.63) is 65.7 Å². The van der Waals surface area contributed by atoms with Crippen LogP contribution < -0.4 is 9.62 Å². The number of aryl methyl sites for hydroxylation is 1. The van der Waals surface area contributed by atoms with Crippen LogP contribution >= 0.6 is 0 Å². The largest absolute Gasteiger partial charge is 0.352 e. The molecule has 8 heteroatoms. The molecule has 2 amide bonds. The summed E-state index contributed by atoms with van der Waals surface area (Å²) in [6.45, 7) is 3.34. The summed E-state index contributed by atoms with van der Waals surface area (Å²) in [6, 6.07) is 15.8. The Bertz CT molecular complexity index is 1070. The summed E-state index contributed by atoms with van der Waals surface area (Å²) in [6.07, 6.45) is 5.16. The number of anilines is 1. The van der Waals surface area contributed by atoms with Gasteiger partial charge in [-0.15, -0.1) is 0 Å². The van der Waals surface area contributed by atoms with E-state index in [-0.39, 0.29) is 25.0 Å². The third-order valence-corrected chi connectivity index (χ3v) is 7.25. The molecule has 0 saturated heterocycles. The molecule has 3 rings (SSSR count). The van der Waals surface area contributed by atoms with Crippen molar-refractivity contribution in [2.45, 2.75) is 58.2 Å². The molecular weight excluding hydrogens is 438 g/mol. The number of nitrogens with zero attached hydrogens (tertiary/aromatic N) is 2. The molecule has 33 heavy (non-hydrogen) atoms. The number of amides is 2. The van der Waals surface area contributed by atoms with Crippen molar-refractivity contribution in [2.75, 3.05) is 17.1 Å². The highest BCUT2D eigenvalue weighted by Gasteiger charge is 2.31. The molecule has 1 fully saturated rings. The first-order valence-corrected chi connectivity index (χ1v) is 13.2. The molecule has 0 aliphatic heterocycles. The zero-order valence-corrected chi connectivity index (χ0v) is 20.3.